The smallest absolute Gasteiger partial charge is 0.314 e. The summed E-state index contributed by atoms with van der Waals surface area (Å²) < 4.78 is 0. The van der Waals surface area contributed by atoms with E-state index in [0.29, 0.717) is 18.9 Å². The third kappa shape index (κ3) is 4.70. The maximum absolute atomic E-state index is 11.6. The van der Waals surface area contributed by atoms with E-state index in [4.69, 9.17) is 5.11 Å². The quantitative estimate of drug-likeness (QED) is 0.665. The zero-order valence-electron chi connectivity index (χ0n) is 12.0. The van der Waals surface area contributed by atoms with Crippen LogP contribution < -0.4 is 10.6 Å². The molecular weight excluding hydrogens is 246 g/mol. The largest absolute Gasteiger partial charge is 0.481 e. The predicted octanol–water partition coefficient (Wildman–Crippen LogP) is 0.738. The number of urea groups is 1. The molecule has 1 fully saturated rings. The van der Waals surface area contributed by atoms with Gasteiger partial charge >= 0.3 is 12.0 Å². The first-order chi connectivity index (χ1) is 8.87. The van der Waals surface area contributed by atoms with E-state index < -0.39 is 11.4 Å². The van der Waals surface area contributed by atoms with E-state index in [9.17, 15) is 9.59 Å². The lowest BCUT2D eigenvalue weighted by atomic mass is 9.88. The lowest BCUT2D eigenvalue weighted by molar-refractivity contribution is -0.147. The molecule has 1 aliphatic rings. The highest BCUT2D eigenvalue weighted by molar-refractivity contribution is 5.77. The number of carboxylic acids is 1. The van der Waals surface area contributed by atoms with Crippen LogP contribution in [0.2, 0.25) is 0 Å². The van der Waals surface area contributed by atoms with Crippen LogP contribution in [-0.4, -0.2) is 55.2 Å². The molecule has 0 aromatic carbocycles. The number of hydrogen-bond donors (Lipinski definition) is 3. The molecule has 0 radical (unpaired) electrons. The minimum Gasteiger partial charge on any atom is -0.481 e. The molecule has 0 aromatic heterocycles. The standard InChI is InChI=1S/C13H25N3O3/c1-4-13(2,11(17)18)9-15-12(19)14-7-10-5-6-16(3)8-10/h10H,4-9H2,1-3H3,(H,17,18)(H2,14,15,19). The van der Waals surface area contributed by atoms with Crippen LogP contribution in [-0.2, 0) is 4.79 Å². The number of amides is 2. The maximum atomic E-state index is 11.6. The molecule has 6 nitrogen and oxygen atoms in total. The molecule has 2 unspecified atom stereocenters. The monoisotopic (exact) mass is 271 g/mol. The first-order valence-corrected chi connectivity index (χ1v) is 6.81. The number of likely N-dealkylation sites (tertiary alicyclic amines) is 1. The number of rotatable bonds is 6. The second-order valence-corrected chi connectivity index (χ2v) is 5.70. The van der Waals surface area contributed by atoms with Crippen LogP contribution in [0.3, 0.4) is 0 Å². The summed E-state index contributed by atoms with van der Waals surface area (Å²) in [7, 11) is 2.07. The molecule has 110 valence electrons. The number of aliphatic carboxylic acids is 1. The fraction of sp³-hybridized carbons (Fsp3) is 0.846. The molecule has 19 heavy (non-hydrogen) atoms. The van der Waals surface area contributed by atoms with Gasteiger partial charge in [0.05, 0.1) is 5.41 Å². The molecule has 0 aliphatic carbocycles. The normalized spacial score (nSPS) is 22.8. The van der Waals surface area contributed by atoms with Crippen molar-refractivity contribution in [2.24, 2.45) is 11.3 Å². The van der Waals surface area contributed by atoms with Crippen molar-refractivity contribution in [2.45, 2.75) is 26.7 Å². The van der Waals surface area contributed by atoms with Crippen LogP contribution in [0.4, 0.5) is 4.79 Å². The van der Waals surface area contributed by atoms with E-state index in [-0.39, 0.29) is 12.6 Å². The average Bonchev–Trinajstić information content (AvgIpc) is 2.79. The van der Waals surface area contributed by atoms with Crippen LogP contribution in [0.15, 0.2) is 0 Å². The van der Waals surface area contributed by atoms with Gasteiger partial charge in [-0.2, -0.15) is 0 Å². The second-order valence-electron chi connectivity index (χ2n) is 5.70. The Hall–Kier alpha value is -1.30. The summed E-state index contributed by atoms with van der Waals surface area (Å²) in [5.74, 6) is -0.388. The van der Waals surface area contributed by atoms with Gasteiger partial charge in [0.25, 0.3) is 0 Å². The maximum Gasteiger partial charge on any atom is 0.314 e. The number of carbonyl (C=O) groups is 2. The van der Waals surface area contributed by atoms with Gasteiger partial charge in [-0.1, -0.05) is 6.92 Å². The van der Waals surface area contributed by atoms with Crippen LogP contribution in [0.25, 0.3) is 0 Å². The topological polar surface area (TPSA) is 81.7 Å². The van der Waals surface area contributed by atoms with Crippen LogP contribution in [0.1, 0.15) is 26.7 Å². The van der Waals surface area contributed by atoms with Crippen LogP contribution >= 0.6 is 0 Å². The minimum absolute atomic E-state index is 0.148. The number of carbonyl (C=O) groups excluding carboxylic acids is 1. The van der Waals surface area contributed by atoms with Gasteiger partial charge in [-0.3, -0.25) is 4.79 Å². The third-order valence-electron chi connectivity index (χ3n) is 3.98. The minimum atomic E-state index is -0.898. The molecule has 3 N–H and O–H groups in total. The molecule has 0 aromatic rings. The molecule has 1 heterocycles. The molecule has 0 bridgehead atoms. The van der Waals surface area contributed by atoms with Crippen molar-refractivity contribution < 1.29 is 14.7 Å². The summed E-state index contributed by atoms with van der Waals surface area (Å²) in [6, 6.07) is -0.282. The number of hydrogen-bond acceptors (Lipinski definition) is 3. The average molecular weight is 271 g/mol. The van der Waals surface area contributed by atoms with Gasteiger partial charge < -0.3 is 20.6 Å². The summed E-state index contributed by atoms with van der Waals surface area (Å²) in [6.45, 7) is 6.31. The van der Waals surface area contributed by atoms with E-state index in [1.54, 1.807) is 6.92 Å². The van der Waals surface area contributed by atoms with Crippen molar-refractivity contribution >= 4 is 12.0 Å². The van der Waals surface area contributed by atoms with Crippen molar-refractivity contribution in [3.63, 3.8) is 0 Å². The van der Waals surface area contributed by atoms with Crippen molar-refractivity contribution in [1.82, 2.24) is 15.5 Å². The molecule has 0 saturated carbocycles. The van der Waals surface area contributed by atoms with Gasteiger partial charge in [0, 0.05) is 19.6 Å². The Kier molecular flexibility index (Phi) is 5.60. The zero-order chi connectivity index (χ0) is 14.5. The first-order valence-electron chi connectivity index (χ1n) is 6.81. The summed E-state index contributed by atoms with van der Waals surface area (Å²) in [4.78, 5) is 25.0. The summed E-state index contributed by atoms with van der Waals surface area (Å²) in [5.41, 5.74) is -0.898. The highest BCUT2D eigenvalue weighted by Crippen LogP contribution is 2.19. The lowest BCUT2D eigenvalue weighted by Crippen LogP contribution is -2.45. The van der Waals surface area contributed by atoms with Gasteiger partial charge in [-0.25, -0.2) is 4.79 Å². The van der Waals surface area contributed by atoms with Crippen LogP contribution in [0.5, 0.6) is 0 Å². The number of nitrogens with zero attached hydrogens (tertiary/aromatic N) is 1. The Bertz CT molecular complexity index is 335. The summed E-state index contributed by atoms with van der Waals surface area (Å²) >= 11 is 0. The summed E-state index contributed by atoms with van der Waals surface area (Å²) in [5, 5.41) is 14.6. The Morgan fingerprint density at radius 2 is 2.11 bits per heavy atom. The van der Waals surface area contributed by atoms with Gasteiger partial charge in [0.1, 0.15) is 0 Å². The molecule has 1 saturated heterocycles. The Morgan fingerprint density at radius 1 is 1.42 bits per heavy atom. The SMILES string of the molecule is CCC(C)(CNC(=O)NCC1CCN(C)C1)C(=O)O. The van der Waals surface area contributed by atoms with E-state index in [1.807, 2.05) is 6.92 Å². The van der Waals surface area contributed by atoms with Gasteiger partial charge in [-0.05, 0) is 39.3 Å². The molecule has 6 heteroatoms. The summed E-state index contributed by atoms with van der Waals surface area (Å²) in [6.07, 6.45) is 1.58. The van der Waals surface area contributed by atoms with E-state index >= 15 is 0 Å². The molecular formula is C13H25N3O3. The fourth-order valence-corrected chi connectivity index (χ4v) is 2.12. The number of carboxylic acid groups (broad SMARTS) is 1. The second kappa shape index (κ2) is 6.75. The Labute approximate surface area is 114 Å². The van der Waals surface area contributed by atoms with Crippen molar-refractivity contribution in [3.05, 3.63) is 0 Å². The molecule has 1 rings (SSSR count). The van der Waals surface area contributed by atoms with Gasteiger partial charge in [0.2, 0.25) is 0 Å². The van der Waals surface area contributed by atoms with Crippen molar-refractivity contribution in [1.29, 1.82) is 0 Å². The Balaban J connectivity index is 2.26. The predicted molar refractivity (Wildman–Crippen MR) is 73.0 cm³/mol. The van der Waals surface area contributed by atoms with E-state index in [2.05, 4.69) is 22.6 Å². The van der Waals surface area contributed by atoms with Gasteiger partial charge in [0.15, 0.2) is 0 Å². The third-order valence-corrected chi connectivity index (χ3v) is 3.98. The number of nitrogens with one attached hydrogen (secondary N) is 2. The first kappa shape index (κ1) is 15.8. The Morgan fingerprint density at radius 3 is 2.58 bits per heavy atom. The zero-order valence-corrected chi connectivity index (χ0v) is 12.0. The lowest BCUT2D eigenvalue weighted by Gasteiger charge is -2.23. The molecule has 0 spiro atoms. The van der Waals surface area contributed by atoms with E-state index in [0.717, 1.165) is 19.5 Å². The molecule has 1 aliphatic heterocycles. The van der Waals surface area contributed by atoms with Crippen molar-refractivity contribution in [2.75, 3.05) is 33.2 Å². The molecule has 2 atom stereocenters. The van der Waals surface area contributed by atoms with Crippen LogP contribution in [0, 0.1) is 11.3 Å². The van der Waals surface area contributed by atoms with Crippen molar-refractivity contribution in [3.8, 4) is 0 Å². The van der Waals surface area contributed by atoms with Gasteiger partial charge in [-0.15, -0.1) is 0 Å². The molecule has 2 amide bonds. The highest BCUT2D eigenvalue weighted by Gasteiger charge is 2.31. The van der Waals surface area contributed by atoms with E-state index in [1.165, 1.54) is 0 Å². The fourth-order valence-electron chi connectivity index (χ4n) is 2.12. The highest BCUT2D eigenvalue weighted by atomic mass is 16.4.